The lowest BCUT2D eigenvalue weighted by Gasteiger charge is -2.38. The summed E-state index contributed by atoms with van der Waals surface area (Å²) in [7, 11) is 0. The predicted molar refractivity (Wildman–Crippen MR) is 83.4 cm³/mol. The van der Waals surface area contributed by atoms with Crippen molar-refractivity contribution in [1.82, 2.24) is 5.32 Å². The zero-order chi connectivity index (χ0) is 14.6. The third kappa shape index (κ3) is 4.27. The molecule has 112 valence electrons. The molecule has 4 heteroatoms. The molecule has 1 fully saturated rings. The molecule has 0 aromatic heterocycles. The maximum atomic E-state index is 13.5. The molecule has 0 radical (unpaired) electrons. The molecule has 1 aliphatic rings. The predicted octanol–water partition coefficient (Wildman–Crippen LogP) is 3.93. The Morgan fingerprint density at radius 1 is 1.35 bits per heavy atom. The lowest BCUT2D eigenvalue weighted by atomic mass is 9.75. The molecular weight excluding hydrogens is 321 g/mol. The van der Waals surface area contributed by atoms with E-state index in [2.05, 4.69) is 35.1 Å². The Balaban J connectivity index is 2.16. The number of rotatable bonds is 5. The summed E-state index contributed by atoms with van der Waals surface area (Å²) in [5.41, 5.74) is 1.22. The van der Waals surface area contributed by atoms with Gasteiger partial charge in [0.2, 0.25) is 0 Å². The van der Waals surface area contributed by atoms with Crippen molar-refractivity contribution in [2.75, 3.05) is 19.8 Å². The van der Waals surface area contributed by atoms with Crippen molar-refractivity contribution < 1.29 is 9.13 Å². The van der Waals surface area contributed by atoms with Gasteiger partial charge in [-0.25, -0.2) is 4.39 Å². The molecule has 0 saturated carbocycles. The minimum Gasteiger partial charge on any atom is -0.381 e. The van der Waals surface area contributed by atoms with Crippen molar-refractivity contribution >= 4 is 15.9 Å². The lowest BCUT2D eigenvalue weighted by Crippen LogP contribution is -2.43. The Bertz CT molecular complexity index is 444. The zero-order valence-corrected chi connectivity index (χ0v) is 13.8. The van der Waals surface area contributed by atoms with Gasteiger partial charge in [-0.05, 0) is 48.4 Å². The van der Waals surface area contributed by atoms with E-state index < -0.39 is 0 Å². The SMILES string of the molecule is CC(C)NCC1(Cc2cc(F)ccc2Br)CCOCC1. The zero-order valence-electron chi connectivity index (χ0n) is 12.2. The van der Waals surface area contributed by atoms with E-state index in [1.807, 2.05) is 0 Å². The molecule has 0 amide bonds. The average Bonchev–Trinajstić information content (AvgIpc) is 2.42. The molecule has 2 rings (SSSR count). The van der Waals surface area contributed by atoms with Crippen LogP contribution >= 0.6 is 15.9 Å². The molecule has 1 aliphatic heterocycles. The Morgan fingerprint density at radius 2 is 2.05 bits per heavy atom. The molecule has 20 heavy (non-hydrogen) atoms. The molecule has 0 atom stereocenters. The highest BCUT2D eigenvalue weighted by Crippen LogP contribution is 2.36. The molecule has 1 N–H and O–H groups in total. The fourth-order valence-electron chi connectivity index (χ4n) is 2.72. The summed E-state index contributed by atoms with van der Waals surface area (Å²) in [6, 6.07) is 5.41. The minimum absolute atomic E-state index is 0.165. The first-order valence-electron chi connectivity index (χ1n) is 7.26. The standard InChI is InChI=1S/C16H23BrFNO/c1-12(2)19-11-16(5-7-20-8-6-16)10-13-9-14(18)3-4-15(13)17/h3-4,9,12,19H,5-8,10-11H2,1-2H3. The van der Waals surface area contributed by atoms with Crippen LogP contribution < -0.4 is 5.32 Å². The molecule has 0 spiro atoms. The van der Waals surface area contributed by atoms with Crippen molar-refractivity contribution in [3.05, 3.63) is 34.1 Å². The van der Waals surface area contributed by atoms with Gasteiger partial charge in [0.15, 0.2) is 0 Å². The van der Waals surface area contributed by atoms with E-state index >= 15 is 0 Å². The van der Waals surface area contributed by atoms with Crippen molar-refractivity contribution in [2.24, 2.45) is 5.41 Å². The van der Waals surface area contributed by atoms with E-state index in [1.54, 1.807) is 12.1 Å². The van der Waals surface area contributed by atoms with Gasteiger partial charge in [-0.1, -0.05) is 29.8 Å². The first-order chi connectivity index (χ1) is 9.51. The topological polar surface area (TPSA) is 21.3 Å². The molecular formula is C16H23BrFNO. The monoisotopic (exact) mass is 343 g/mol. The van der Waals surface area contributed by atoms with Crippen molar-refractivity contribution in [1.29, 1.82) is 0 Å². The number of ether oxygens (including phenoxy) is 1. The van der Waals surface area contributed by atoms with E-state index in [0.29, 0.717) is 6.04 Å². The van der Waals surface area contributed by atoms with Crippen LogP contribution in [-0.4, -0.2) is 25.8 Å². The van der Waals surface area contributed by atoms with Crippen molar-refractivity contribution in [3.63, 3.8) is 0 Å². The van der Waals surface area contributed by atoms with Gasteiger partial charge in [0.05, 0.1) is 0 Å². The molecule has 1 heterocycles. The van der Waals surface area contributed by atoms with Crippen LogP contribution in [0.2, 0.25) is 0 Å². The highest BCUT2D eigenvalue weighted by atomic mass is 79.9. The Kier molecular flexibility index (Phi) is 5.58. The van der Waals surface area contributed by atoms with Gasteiger partial charge < -0.3 is 10.1 Å². The summed E-state index contributed by atoms with van der Waals surface area (Å²) < 4.78 is 20.0. The number of hydrogen-bond acceptors (Lipinski definition) is 2. The quantitative estimate of drug-likeness (QED) is 0.874. The largest absolute Gasteiger partial charge is 0.381 e. The Morgan fingerprint density at radius 3 is 2.70 bits per heavy atom. The van der Waals surface area contributed by atoms with Gasteiger partial charge in [0.1, 0.15) is 5.82 Å². The maximum absolute atomic E-state index is 13.5. The van der Waals surface area contributed by atoms with Gasteiger partial charge in [0, 0.05) is 30.3 Å². The number of hydrogen-bond donors (Lipinski definition) is 1. The normalized spacial score (nSPS) is 18.4. The summed E-state index contributed by atoms with van der Waals surface area (Å²) in [4.78, 5) is 0. The summed E-state index contributed by atoms with van der Waals surface area (Å²) >= 11 is 3.54. The summed E-state index contributed by atoms with van der Waals surface area (Å²) in [6.07, 6.45) is 2.93. The van der Waals surface area contributed by atoms with Crippen LogP contribution in [0.25, 0.3) is 0 Å². The molecule has 2 nitrogen and oxygen atoms in total. The van der Waals surface area contributed by atoms with Crippen molar-refractivity contribution in [2.45, 2.75) is 39.2 Å². The van der Waals surface area contributed by atoms with Crippen LogP contribution in [0.3, 0.4) is 0 Å². The molecule has 1 aromatic rings. The number of nitrogens with one attached hydrogen (secondary N) is 1. The van der Waals surface area contributed by atoms with Crippen LogP contribution in [0.15, 0.2) is 22.7 Å². The van der Waals surface area contributed by atoms with Crippen molar-refractivity contribution in [3.8, 4) is 0 Å². The third-order valence-electron chi connectivity index (χ3n) is 4.01. The smallest absolute Gasteiger partial charge is 0.123 e. The second kappa shape index (κ2) is 7.01. The average molecular weight is 344 g/mol. The highest BCUT2D eigenvalue weighted by Gasteiger charge is 2.33. The second-order valence-electron chi connectivity index (χ2n) is 6.06. The van der Waals surface area contributed by atoms with Crippen LogP contribution in [0.1, 0.15) is 32.3 Å². The molecule has 1 saturated heterocycles. The Labute approximate surface area is 129 Å². The van der Waals surface area contributed by atoms with Gasteiger partial charge >= 0.3 is 0 Å². The molecule has 0 unspecified atom stereocenters. The minimum atomic E-state index is -0.165. The van der Waals surface area contributed by atoms with E-state index in [-0.39, 0.29) is 11.2 Å². The van der Waals surface area contributed by atoms with Gasteiger partial charge in [-0.3, -0.25) is 0 Å². The molecule has 0 aliphatic carbocycles. The summed E-state index contributed by atoms with van der Waals surface area (Å²) in [5.74, 6) is -0.165. The van der Waals surface area contributed by atoms with Crippen LogP contribution in [0.4, 0.5) is 4.39 Å². The Hall–Kier alpha value is -0.450. The van der Waals surface area contributed by atoms with Gasteiger partial charge in [0.25, 0.3) is 0 Å². The van der Waals surface area contributed by atoms with E-state index in [1.165, 1.54) is 6.07 Å². The van der Waals surface area contributed by atoms with E-state index in [9.17, 15) is 4.39 Å². The van der Waals surface area contributed by atoms with E-state index in [0.717, 1.165) is 49.1 Å². The van der Waals surface area contributed by atoms with Gasteiger partial charge in [-0.2, -0.15) is 0 Å². The second-order valence-corrected chi connectivity index (χ2v) is 6.91. The van der Waals surface area contributed by atoms with Crippen LogP contribution in [0.5, 0.6) is 0 Å². The molecule has 1 aromatic carbocycles. The fourth-order valence-corrected chi connectivity index (χ4v) is 3.11. The van der Waals surface area contributed by atoms with Crippen LogP contribution in [-0.2, 0) is 11.2 Å². The van der Waals surface area contributed by atoms with E-state index in [4.69, 9.17) is 4.74 Å². The summed E-state index contributed by atoms with van der Waals surface area (Å²) in [5, 5.41) is 3.55. The molecule has 0 bridgehead atoms. The van der Waals surface area contributed by atoms with Gasteiger partial charge in [-0.15, -0.1) is 0 Å². The third-order valence-corrected chi connectivity index (χ3v) is 4.79. The highest BCUT2D eigenvalue weighted by molar-refractivity contribution is 9.10. The lowest BCUT2D eigenvalue weighted by molar-refractivity contribution is 0.0140. The maximum Gasteiger partial charge on any atom is 0.123 e. The summed E-state index contributed by atoms with van der Waals surface area (Å²) in [6.45, 7) is 6.87. The number of benzene rings is 1. The number of halogens is 2. The fraction of sp³-hybridized carbons (Fsp3) is 0.625. The van der Waals surface area contributed by atoms with Crippen LogP contribution in [0, 0.1) is 11.2 Å². The first-order valence-corrected chi connectivity index (χ1v) is 8.05. The first kappa shape index (κ1) is 15.9.